The zero-order valence-electron chi connectivity index (χ0n) is 10.8. The Labute approximate surface area is 119 Å². The lowest BCUT2D eigenvalue weighted by atomic mass is 10.0. The van der Waals surface area contributed by atoms with Gasteiger partial charge in [-0.05, 0) is 24.6 Å². The van der Waals surface area contributed by atoms with Crippen LogP contribution in [-0.4, -0.2) is 30.7 Å². The molecule has 6 heteroatoms. The van der Waals surface area contributed by atoms with E-state index < -0.39 is 18.8 Å². The average Bonchev–Trinajstić information content (AvgIpc) is 2.30. The zero-order chi connectivity index (χ0) is 14.5. The molecule has 1 rings (SSSR count). The molecule has 108 valence electrons. The molecule has 0 saturated carbocycles. The Morgan fingerprint density at radius 3 is 2.42 bits per heavy atom. The van der Waals surface area contributed by atoms with Crippen molar-refractivity contribution >= 4 is 15.9 Å². The van der Waals surface area contributed by atoms with Gasteiger partial charge in [0.05, 0.1) is 6.54 Å². The summed E-state index contributed by atoms with van der Waals surface area (Å²) in [4.78, 5) is 1.39. The largest absolute Gasteiger partial charge is 0.401 e. The molecule has 1 aromatic carbocycles. The van der Waals surface area contributed by atoms with Crippen molar-refractivity contribution in [1.82, 2.24) is 4.90 Å². The second-order valence-corrected chi connectivity index (χ2v) is 5.21. The summed E-state index contributed by atoms with van der Waals surface area (Å²) in [5.74, 6) is 0. The maximum absolute atomic E-state index is 12.6. The van der Waals surface area contributed by atoms with Crippen LogP contribution in [0.3, 0.4) is 0 Å². The van der Waals surface area contributed by atoms with Crippen molar-refractivity contribution in [2.45, 2.75) is 25.6 Å². The molecular weight excluding hydrogens is 321 g/mol. The molecular formula is C13H18BrF3N2. The fraction of sp³-hybridized carbons (Fsp3) is 0.538. The van der Waals surface area contributed by atoms with E-state index in [0.717, 1.165) is 10.0 Å². The van der Waals surface area contributed by atoms with E-state index in [0.29, 0.717) is 13.0 Å². The summed E-state index contributed by atoms with van der Waals surface area (Å²) < 4.78 is 38.7. The van der Waals surface area contributed by atoms with E-state index in [4.69, 9.17) is 5.73 Å². The van der Waals surface area contributed by atoms with Crippen LogP contribution in [-0.2, 0) is 0 Å². The van der Waals surface area contributed by atoms with Crippen LogP contribution in [0.15, 0.2) is 28.7 Å². The van der Waals surface area contributed by atoms with Gasteiger partial charge in [-0.25, -0.2) is 0 Å². The molecule has 0 radical (unpaired) electrons. The Balaban J connectivity index is 3.00. The first kappa shape index (κ1) is 16.5. The van der Waals surface area contributed by atoms with Gasteiger partial charge in [-0.3, -0.25) is 4.90 Å². The molecule has 0 aromatic heterocycles. The number of hydrogen-bond donors (Lipinski definition) is 1. The Bertz CT molecular complexity index is 396. The van der Waals surface area contributed by atoms with Crippen LogP contribution in [0.4, 0.5) is 13.2 Å². The zero-order valence-corrected chi connectivity index (χ0v) is 12.3. The van der Waals surface area contributed by atoms with E-state index in [1.807, 2.05) is 19.1 Å². The molecule has 19 heavy (non-hydrogen) atoms. The lowest BCUT2D eigenvalue weighted by Crippen LogP contribution is -2.40. The van der Waals surface area contributed by atoms with Gasteiger partial charge in [-0.15, -0.1) is 0 Å². The molecule has 1 unspecified atom stereocenters. The molecule has 0 bridgehead atoms. The number of nitrogens with zero attached hydrogens (tertiary/aromatic N) is 1. The summed E-state index contributed by atoms with van der Waals surface area (Å²) in [6, 6.07) is 6.82. The van der Waals surface area contributed by atoms with Gasteiger partial charge in [0.15, 0.2) is 0 Å². The van der Waals surface area contributed by atoms with Gasteiger partial charge in [0, 0.05) is 17.1 Å². The minimum absolute atomic E-state index is 0.151. The molecule has 0 fully saturated rings. The second kappa shape index (κ2) is 7.26. The van der Waals surface area contributed by atoms with Crippen molar-refractivity contribution in [3.8, 4) is 0 Å². The molecule has 2 N–H and O–H groups in total. The highest BCUT2D eigenvalue weighted by atomic mass is 79.9. The van der Waals surface area contributed by atoms with Crippen LogP contribution in [0, 0.1) is 0 Å². The van der Waals surface area contributed by atoms with Gasteiger partial charge in [0.1, 0.15) is 0 Å². The van der Waals surface area contributed by atoms with Crippen LogP contribution in [0.2, 0.25) is 0 Å². The SMILES string of the molecule is CCCN(CC(F)(F)F)C(CN)c1ccccc1Br. The number of hydrogen-bond acceptors (Lipinski definition) is 2. The van der Waals surface area contributed by atoms with Crippen LogP contribution in [0.1, 0.15) is 24.9 Å². The van der Waals surface area contributed by atoms with Gasteiger partial charge >= 0.3 is 6.18 Å². The quantitative estimate of drug-likeness (QED) is 0.856. The van der Waals surface area contributed by atoms with E-state index >= 15 is 0 Å². The topological polar surface area (TPSA) is 29.3 Å². The van der Waals surface area contributed by atoms with Crippen molar-refractivity contribution in [2.75, 3.05) is 19.6 Å². The van der Waals surface area contributed by atoms with Gasteiger partial charge < -0.3 is 5.73 Å². The third-order valence-electron chi connectivity index (χ3n) is 2.82. The number of rotatable bonds is 6. The van der Waals surface area contributed by atoms with E-state index in [9.17, 15) is 13.2 Å². The van der Waals surface area contributed by atoms with E-state index in [-0.39, 0.29) is 6.54 Å². The Hall–Kier alpha value is -0.590. The highest BCUT2D eigenvalue weighted by molar-refractivity contribution is 9.10. The van der Waals surface area contributed by atoms with Gasteiger partial charge in [-0.2, -0.15) is 13.2 Å². The standard InChI is InChI=1S/C13H18BrF3N2/c1-2-7-19(9-13(15,16)17)12(8-18)10-5-3-4-6-11(10)14/h3-6,12H,2,7-9,18H2,1H3. The number of nitrogens with two attached hydrogens (primary N) is 1. The fourth-order valence-corrected chi connectivity index (χ4v) is 2.63. The number of alkyl halides is 3. The predicted octanol–water partition coefficient (Wildman–Crippen LogP) is 3.72. The average molecular weight is 339 g/mol. The van der Waals surface area contributed by atoms with E-state index in [1.54, 1.807) is 12.1 Å². The van der Waals surface area contributed by atoms with Crippen LogP contribution in [0.5, 0.6) is 0 Å². The summed E-state index contributed by atoms with van der Waals surface area (Å²) in [6.07, 6.45) is -3.57. The summed E-state index contributed by atoms with van der Waals surface area (Å²) in [5.41, 5.74) is 6.49. The van der Waals surface area contributed by atoms with E-state index in [2.05, 4.69) is 15.9 Å². The molecule has 0 aliphatic heterocycles. The molecule has 1 aromatic rings. The summed E-state index contributed by atoms with van der Waals surface area (Å²) in [6.45, 7) is 1.43. The molecule has 0 aliphatic carbocycles. The van der Waals surface area contributed by atoms with Gasteiger partial charge in [-0.1, -0.05) is 41.1 Å². The fourth-order valence-electron chi connectivity index (χ4n) is 2.08. The number of benzene rings is 1. The third-order valence-corrected chi connectivity index (χ3v) is 3.54. The first-order valence-electron chi connectivity index (χ1n) is 6.14. The molecule has 2 nitrogen and oxygen atoms in total. The van der Waals surface area contributed by atoms with Crippen LogP contribution in [0.25, 0.3) is 0 Å². The summed E-state index contributed by atoms with van der Waals surface area (Å²) >= 11 is 3.37. The van der Waals surface area contributed by atoms with Crippen molar-refractivity contribution in [3.63, 3.8) is 0 Å². The van der Waals surface area contributed by atoms with Gasteiger partial charge in [0.25, 0.3) is 0 Å². The summed E-state index contributed by atoms with van der Waals surface area (Å²) in [5, 5.41) is 0. The highest BCUT2D eigenvalue weighted by Crippen LogP contribution is 2.29. The Morgan fingerprint density at radius 2 is 1.95 bits per heavy atom. The lowest BCUT2D eigenvalue weighted by molar-refractivity contribution is -0.150. The molecule has 0 heterocycles. The van der Waals surface area contributed by atoms with E-state index in [1.165, 1.54) is 4.90 Å². The highest BCUT2D eigenvalue weighted by Gasteiger charge is 2.34. The third kappa shape index (κ3) is 5.12. The van der Waals surface area contributed by atoms with Crippen molar-refractivity contribution < 1.29 is 13.2 Å². The Kier molecular flexibility index (Phi) is 6.29. The Morgan fingerprint density at radius 1 is 1.32 bits per heavy atom. The first-order chi connectivity index (χ1) is 8.89. The predicted molar refractivity (Wildman–Crippen MR) is 73.9 cm³/mol. The maximum Gasteiger partial charge on any atom is 0.401 e. The van der Waals surface area contributed by atoms with Crippen molar-refractivity contribution in [3.05, 3.63) is 34.3 Å². The molecule has 1 atom stereocenters. The second-order valence-electron chi connectivity index (χ2n) is 4.36. The maximum atomic E-state index is 12.6. The lowest BCUT2D eigenvalue weighted by Gasteiger charge is -2.32. The smallest absolute Gasteiger partial charge is 0.329 e. The minimum atomic E-state index is -4.22. The minimum Gasteiger partial charge on any atom is -0.329 e. The van der Waals surface area contributed by atoms with Gasteiger partial charge in [0.2, 0.25) is 0 Å². The monoisotopic (exact) mass is 338 g/mol. The molecule has 0 aliphatic rings. The van der Waals surface area contributed by atoms with Crippen LogP contribution >= 0.6 is 15.9 Å². The molecule has 0 saturated heterocycles. The number of halogens is 4. The first-order valence-corrected chi connectivity index (χ1v) is 6.93. The van der Waals surface area contributed by atoms with Crippen LogP contribution < -0.4 is 5.73 Å². The normalized spacial score (nSPS) is 13.8. The van der Waals surface area contributed by atoms with Crippen molar-refractivity contribution in [1.29, 1.82) is 0 Å². The molecule has 0 spiro atoms. The summed E-state index contributed by atoms with van der Waals surface area (Å²) in [7, 11) is 0. The van der Waals surface area contributed by atoms with Crippen molar-refractivity contribution in [2.24, 2.45) is 5.73 Å². The molecule has 0 amide bonds.